The summed E-state index contributed by atoms with van der Waals surface area (Å²) in [6.07, 6.45) is 0.655. The van der Waals surface area contributed by atoms with Crippen molar-refractivity contribution in [1.82, 2.24) is 20.1 Å². The van der Waals surface area contributed by atoms with Gasteiger partial charge in [0.1, 0.15) is 30.1 Å². The van der Waals surface area contributed by atoms with Crippen LogP contribution in [0.5, 0.6) is 0 Å². The zero-order valence-electron chi connectivity index (χ0n) is 24.1. The largest absolute Gasteiger partial charge is 0.453 e. The van der Waals surface area contributed by atoms with Gasteiger partial charge < -0.3 is 30.9 Å². The SMILES string of the molecule is COC(=O)N[C@H](C(=O)N1C[C@@H]2[C@H]3C[C@@H]([C@@H]2[C@H]1C(=O)N1C[C@]2(C[C@H]1C(N)=O)C(=O)Nc1ncccc12)[C@H](F)C3)C(C)(C)C. The van der Waals surface area contributed by atoms with Gasteiger partial charge in [0.15, 0.2) is 0 Å². The monoisotopic (exact) mass is 584 g/mol. The quantitative estimate of drug-likeness (QED) is 0.474. The van der Waals surface area contributed by atoms with Crippen LogP contribution in [0.2, 0.25) is 0 Å². The van der Waals surface area contributed by atoms with Gasteiger partial charge in [0.2, 0.25) is 23.6 Å². The summed E-state index contributed by atoms with van der Waals surface area (Å²) in [5, 5.41) is 5.38. The van der Waals surface area contributed by atoms with E-state index in [-0.39, 0.29) is 37.3 Å². The van der Waals surface area contributed by atoms with Crippen LogP contribution >= 0.6 is 0 Å². The van der Waals surface area contributed by atoms with E-state index < -0.39 is 70.8 Å². The van der Waals surface area contributed by atoms with E-state index in [1.807, 2.05) is 0 Å². The molecule has 0 aromatic carbocycles. The number of amides is 5. The van der Waals surface area contributed by atoms with E-state index >= 15 is 4.39 Å². The third kappa shape index (κ3) is 4.06. The fraction of sp³-hybridized carbons (Fsp3) is 0.655. The average molecular weight is 585 g/mol. The molecule has 226 valence electrons. The van der Waals surface area contributed by atoms with Crippen molar-refractivity contribution in [2.24, 2.45) is 34.8 Å². The number of rotatable bonds is 4. The third-order valence-electron chi connectivity index (χ3n) is 10.3. The number of nitrogens with zero attached hydrogens (tertiary/aromatic N) is 3. The first-order valence-corrected chi connectivity index (χ1v) is 14.4. The highest BCUT2D eigenvalue weighted by molar-refractivity contribution is 6.07. The molecule has 9 atom stereocenters. The van der Waals surface area contributed by atoms with E-state index in [0.717, 1.165) is 0 Å². The van der Waals surface area contributed by atoms with Crippen molar-refractivity contribution in [1.29, 1.82) is 0 Å². The predicted molar refractivity (Wildman–Crippen MR) is 146 cm³/mol. The molecule has 5 amide bonds. The zero-order chi connectivity index (χ0) is 30.3. The highest BCUT2D eigenvalue weighted by Gasteiger charge is 2.65. The molecule has 4 fully saturated rings. The van der Waals surface area contributed by atoms with Gasteiger partial charge in [0, 0.05) is 24.8 Å². The number of nitrogens with two attached hydrogens (primary N) is 1. The minimum atomic E-state index is -1.23. The number of anilines is 1. The Morgan fingerprint density at radius 2 is 1.95 bits per heavy atom. The fourth-order valence-electron chi connectivity index (χ4n) is 8.40. The Morgan fingerprint density at radius 1 is 1.21 bits per heavy atom. The number of pyridine rings is 1. The number of ether oxygens (including phenoxy) is 1. The molecule has 4 N–H and O–H groups in total. The van der Waals surface area contributed by atoms with Gasteiger partial charge in [-0.1, -0.05) is 26.8 Å². The Kier molecular flexibility index (Phi) is 6.50. The maximum Gasteiger partial charge on any atom is 0.407 e. The zero-order valence-corrected chi connectivity index (χ0v) is 24.1. The first-order valence-electron chi connectivity index (χ1n) is 14.4. The molecule has 5 aliphatic rings. The van der Waals surface area contributed by atoms with E-state index in [4.69, 9.17) is 10.5 Å². The lowest BCUT2D eigenvalue weighted by molar-refractivity contribution is -0.150. The average Bonchev–Trinajstić information content (AvgIpc) is 3.73. The van der Waals surface area contributed by atoms with Crippen LogP contribution in [0.25, 0.3) is 0 Å². The molecule has 6 rings (SSSR count). The molecule has 2 aliphatic carbocycles. The van der Waals surface area contributed by atoms with E-state index in [0.29, 0.717) is 24.2 Å². The Balaban J connectivity index is 1.39. The van der Waals surface area contributed by atoms with Crippen LogP contribution in [0, 0.1) is 29.1 Å². The maximum atomic E-state index is 15.2. The van der Waals surface area contributed by atoms with Crippen LogP contribution in [0.15, 0.2) is 18.3 Å². The van der Waals surface area contributed by atoms with Crippen LogP contribution in [-0.4, -0.2) is 89.0 Å². The number of nitrogens with one attached hydrogen (secondary N) is 2. The van der Waals surface area contributed by atoms with Gasteiger partial charge in [-0.25, -0.2) is 14.2 Å². The van der Waals surface area contributed by atoms with Gasteiger partial charge in [-0.05, 0) is 54.4 Å². The Hall–Kier alpha value is -3.77. The van der Waals surface area contributed by atoms with Crippen molar-refractivity contribution < 1.29 is 33.1 Å². The normalized spacial score (nSPS) is 35.2. The van der Waals surface area contributed by atoms with E-state index in [2.05, 4.69) is 15.6 Å². The van der Waals surface area contributed by atoms with Crippen LogP contribution in [0.4, 0.5) is 15.0 Å². The molecule has 13 heteroatoms. The minimum Gasteiger partial charge on any atom is -0.453 e. The number of hydrogen-bond acceptors (Lipinski definition) is 7. The van der Waals surface area contributed by atoms with Gasteiger partial charge in [0.05, 0.1) is 12.5 Å². The number of methoxy groups -OCH3 is 1. The maximum absolute atomic E-state index is 15.2. The van der Waals surface area contributed by atoms with Gasteiger partial charge in [0.25, 0.3) is 0 Å². The first-order chi connectivity index (χ1) is 19.8. The number of halogens is 1. The highest BCUT2D eigenvalue weighted by Crippen LogP contribution is 2.59. The summed E-state index contributed by atoms with van der Waals surface area (Å²) in [5.41, 5.74) is 4.42. The van der Waals surface area contributed by atoms with Gasteiger partial charge in [-0.3, -0.25) is 19.2 Å². The first kappa shape index (κ1) is 28.4. The summed E-state index contributed by atoms with van der Waals surface area (Å²) in [6, 6.07) is 0.203. The molecular weight excluding hydrogens is 547 g/mol. The second-order valence-corrected chi connectivity index (χ2v) is 13.5. The molecule has 1 aromatic heterocycles. The molecule has 2 saturated heterocycles. The number of carbonyl (C=O) groups is 5. The van der Waals surface area contributed by atoms with Crippen molar-refractivity contribution in [3.05, 3.63) is 23.9 Å². The van der Waals surface area contributed by atoms with Crippen LogP contribution in [0.1, 0.15) is 45.6 Å². The van der Waals surface area contributed by atoms with Crippen LogP contribution in [-0.2, 0) is 29.3 Å². The smallest absolute Gasteiger partial charge is 0.407 e. The van der Waals surface area contributed by atoms with Crippen molar-refractivity contribution in [2.75, 3.05) is 25.5 Å². The van der Waals surface area contributed by atoms with Crippen molar-refractivity contribution in [2.45, 2.75) is 69.7 Å². The predicted octanol–water partition coefficient (Wildman–Crippen LogP) is 0.950. The van der Waals surface area contributed by atoms with E-state index in [9.17, 15) is 24.0 Å². The van der Waals surface area contributed by atoms with Crippen LogP contribution in [0.3, 0.4) is 0 Å². The minimum absolute atomic E-state index is 0.0279. The number of alkyl carbamates (subject to hydrolysis) is 1. The molecule has 0 radical (unpaired) electrons. The van der Waals surface area contributed by atoms with Gasteiger partial charge in [-0.15, -0.1) is 0 Å². The van der Waals surface area contributed by atoms with Crippen molar-refractivity contribution >= 4 is 35.5 Å². The topological polar surface area (TPSA) is 164 Å². The molecule has 1 spiro atoms. The Labute approximate surface area is 242 Å². The van der Waals surface area contributed by atoms with Gasteiger partial charge in [-0.2, -0.15) is 0 Å². The number of aromatic nitrogens is 1. The number of alkyl halides is 1. The Bertz CT molecular complexity index is 1370. The van der Waals surface area contributed by atoms with E-state index in [1.165, 1.54) is 16.9 Å². The van der Waals surface area contributed by atoms with Crippen molar-refractivity contribution in [3.8, 4) is 0 Å². The molecule has 2 bridgehead atoms. The number of carbonyl (C=O) groups excluding carboxylic acids is 5. The fourth-order valence-corrected chi connectivity index (χ4v) is 8.40. The van der Waals surface area contributed by atoms with Crippen molar-refractivity contribution in [3.63, 3.8) is 0 Å². The molecule has 0 unspecified atom stereocenters. The molecule has 4 heterocycles. The number of hydrogen-bond donors (Lipinski definition) is 3. The number of fused-ring (bicyclic) bond motifs is 7. The number of likely N-dealkylation sites (tertiary alicyclic amines) is 2. The summed E-state index contributed by atoms with van der Waals surface area (Å²) in [7, 11) is 1.20. The second kappa shape index (κ2) is 9.63. The lowest BCUT2D eigenvalue weighted by Crippen LogP contribution is -2.60. The summed E-state index contributed by atoms with van der Waals surface area (Å²) in [5.74, 6) is -2.72. The summed E-state index contributed by atoms with van der Waals surface area (Å²) >= 11 is 0. The summed E-state index contributed by atoms with van der Waals surface area (Å²) in [6.45, 7) is 5.47. The molecule has 42 heavy (non-hydrogen) atoms. The lowest BCUT2D eigenvalue weighted by Gasteiger charge is -2.38. The second-order valence-electron chi connectivity index (χ2n) is 13.5. The summed E-state index contributed by atoms with van der Waals surface area (Å²) in [4.78, 5) is 74.3. The Morgan fingerprint density at radius 3 is 2.62 bits per heavy atom. The standard InChI is InChI=1S/C29H37FN6O6/c1-28(2,3)21(33-27(41)42-4)25(39)35-11-15-13-8-14(17(30)9-13)19(15)20(35)24(38)36-12-29(10-18(36)22(31)37)16-6-5-7-32-23(16)34-26(29)40/h5-7,13-15,17-21H,8-12H2,1-4H3,(H2,31,37)(H,33,41)(H,32,34,40)/t13-,14+,15+,17+,18-,19-,20-,21+,29-/m0/s1. The molecule has 3 aliphatic heterocycles. The van der Waals surface area contributed by atoms with E-state index in [1.54, 1.807) is 39.1 Å². The molecule has 12 nitrogen and oxygen atoms in total. The summed E-state index contributed by atoms with van der Waals surface area (Å²) < 4.78 is 20.0. The van der Waals surface area contributed by atoms with Crippen LogP contribution < -0.4 is 16.4 Å². The molecular formula is C29H37FN6O6. The lowest BCUT2D eigenvalue weighted by atomic mass is 9.77. The molecule has 1 aromatic rings. The van der Waals surface area contributed by atoms with Gasteiger partial charge >= 0.3 is 6.09 Å². The highest BCUT2D eigenvalue weighted by atomic mass is 19.1. The molecule has 2 saturated carbocycles. The third-order valence-corrected chi connectivity index (χ3v) is 10.3. The number of primary amides is 1.